The van der Waals surface area contributed by atoms with Gasteiger partial charge in [0.2, 0.25) is 0 Å². The average Bonchev–Trinajstić information content (AvgIpc) is 3.13. The molecule has 6 heteroatoms. The molecule has 25 heavy (non-hydrogen) atoms. The van der Waals surface area contributed by atoms with Crippen LogP contribution < -0.4 is 10.6 Å². The van der Waals surface area contributed by atoms with Crippen LogP contribution in [0.2, 0.25) is 0 Å². The standard InChI is InChI=1S/C19H27N3O2.HI/c1-3-15(2)22-19(20-12-11-17-10-7-13-24-17)21-14-18(23)16-8-5-4-6-9-16;/h4-10,13,15,18,23H,3,11-12,14H2,1-2H3,(H2,20,21,22);1H. The Morgan fingerprint density at radius 3 is 2.60 bits per heavy atom. The third-order valence-corrected chi connectivity index (χ3v) is 3.85. The van der Waals surface area contributed by atoms with E-state index in [1.54, 1.807) is 6.26 Å². The summed E-state index contributed by atoms with van der Waals surface area (Å²) in [5.41, 5.74) is 0.875. The summed E-state index contributed by atoms with van der Waals surface area (Å²) < 4.78 is 5.33. The number of guanidine groups is 1. The lowest BCUT2D eigenvalue weighted by Crippen LogP contribution is -2.43. The maximum Gasteiger partial charge on any atom is 0.191 e. The van der Waals surface area contributed by atoms with E-state index in [0.717, 1.165) is 30.7 Å². The Labute approximate surface area is 167 Å². The predicted molar refractivity (Wildman–Crippen MR) is 112 cm³/mol. The molecule has 2 aromatic rings. The van der Waals surface area contributed by atoms with E-state index in [4.69, 9.17) is 4.42 Å². The normalized spacial score (nSPS) is 13.6. The molecule has 3 N–H and O–H groups in total. The molecular weight excluding hydrogens is 429 g/mol. The van der Waals surface area contributed by atoms with Crippen LogP contribution in [0, 0.1) is 0 Å². The Morgan fingerprint density at radius 2 is 1.96 bits per heavy atom. The summed E-state index contributed by atoms with van der Waals surface area (Å²) in [6.45, 7) is 5.27. The summed E-state index contributed by atoms with van der Waals surface area (Å²) in [6, 6.07) is 13.8. The van der Waals surface area contributed by atoms with E-state index in [9.17, 15) is 5.11 Å². The number of aliphatic hydroxyl groups is 1. The van der Waals surface area contributed by atoms with Gasteiger partial charge < -0.3 is 20.2 Å². The molecule has 0 bridgehead atoms. The molecule has 0 amide bonds. The summed E-state index contributed by atoms with van der Waals surface area (Å²) in [7, 11) is 0. The van der Waals surface area contributed by atoms with E-state index in [0.29, 0.717) is 18.5 Å². The van der Waals surface area contributed by atoms with Crippen LogP contribution in [0.3, 0.4) is 0 Å². The maximum atomic E-state index is 10.3. The van der Waals surface area contributed by atoms with Crippen molar-refractivity contribution in [3.8, 4) is 0 Å². The number of aliphatic hydroxyl groups excluding tert-OH is 1. The number of nitrogens with zero attached hydrogens (tertiary/aromatic N) is 1. The van der Waals surface area contributed by atoms with Gasteiger partial charge in [-0.3, -0.25) is 4.99 Å². The van der Waals surface area contributed by atoms with Crippen LogP contribution in [-0.2, 0) is 6.42 Å². The number of hydrogen-bond acceptors (Lipinski definition) is 3. The van der Waals surface area contributed by atoms with Crippen molar-refractivity contribution in [1.82, 2.24) is 10.6 Å². The molecule has 0 saturated heterocycles. The number of benzene rings is 1. The van der Waals surface area contributed by atoms with Crippen LogP contribution in [0.5, 0.6) is 0 Å². The number of rotatable bonds is 8. The van der Waals surface area contributed by atoms with Crippen molar-refractivity contribution in [2.45, 2.75) is 38.8 Å². The highest BCUT2D eigenvalue weighted by molar-refractivity contribution is 14.0. The molecule has 0 radical (unpaired) electrons. The van der Waals surface area contributed by atoms with Crippen molar-refractivity contribution in [2.75, 3.05) is 13.1 Å². The molecule has 0 fully saturated rings. The molecule has 2 rings (SSSR count). The monoisotopic (exact) mass is 457 g/mol. The lowest BCUT2D eigenvalue weighted by atomic mass is 10.1. The highest BCUT2D eigenvalue weighted by Crippen LogP contribution is 2.11. The quantitative estimate of drug-likeness (QED) is 0.323. The van der Waals surface area contributed by atoms with Crippen LogP contribution in [-0.4, -0.2) is 30.2 Å². The van der Waals surface area contributed by atoms with Gasteiger partial charge in [0.1, 0.15) is 5.76 Å². The van der Waals surface area contributed by atoms with Gasteiger partial charge in [-0.1, -0.05) is 37.3 Å². The second kappa shape index (κ2) is 11.9. The Kier molecular flexibility index (Phi) is 10.3. The molecule has 5 nitrogen and oxygen atoms in total. The van der Waals surface area contributed by atoms with Crippen molar-refractivity contribution in [3.63, 3.8) is 0 Å². The second-order valence-electron chi connectivity index (χ2n) is 5.83. The Hall–Kier alpha value is -1.54. The van der Waals surface area contributed by atoms with Crippen molar-refractivity contribution < 1.29 is 9.52 Å². The van der Waals surface area contributed by atoms with E-state index in [2.05, 4.69) is 29.5 Å². The van der Waals surface area contributed by atoms with E-state index in [1.165, 1.54) is 0 Å². The topological polar surface area (TPSA) is 69.8 Å². The first-order valence-corrected chi connectivity index (χ1v) is 8.49. The third kappa shape index (κ3) is 7.92. The largest absolute Gasteiger partial charge is 0.469 e. The van der Waals surface area contributed by atoms with Crippen molar-refractivity contribution in [2.24, 2.45) is 4.99 Å². The van der Waals surface area contributed by atoms with Gasteiger partial charge in [0, 0.05) is 19.0 Å². The number of aliphatic imine (C=N–C) groups is 1. The van der Waals surface area contributed by atoms with Crippen LogP contribution >= 0.6 is 24.0 Å². The molecule has 1 aromatic heterocycles. The predicted octanol–water partition coefficient (Wildman–Crippen LogP) is 3.51. The molecule has 138 valence electrons. The van der Waals surface area contributed by atoms with Crippen LogP contribution in [0.15, 0.2) is 58.1 Å². The van der Waals surface area contributed by atoms with Crippen LogP contribution in [0.25, 0.3) is 0 Å². The zero-order valence-corrected chi connectivity index (χ0v) is 17.1. The van der Waals surface area contributed by atoms with Crippen molar-refractivity contribution in [3.05, 3.63) is 60.1 Å². The maximum absolute atomic E-state index is 10.3. The second-order valence-corrected chi connectivity index (χ2v) is 5.83. The highest BCUT2D eigenvalue weighted by atomic mass is 127. The van der Waals surface area contributed by atoms with Gasteiger partial charge in [0.15, 0.2) is 5.96 Å². The summed E-state index contributed by atoms with van der Waals surface area (Å²) in [6.07, 6.45) is 2.86. The van der Waals surface area contributed by atoms with E-state index in [-0.39, 0.29) is 24.0 Å². The number of furan rings is 1. The number of hydrogen-bond donors (Lipinski definition) is 3. The zero-order chi connectivity index (χ0) is 17.2. The highest BCUT2D eigenvalue weighted by Gasteiger charge is 2.08. The minimum Gasteiger partial charge on any atom is -0.469 e. The van der Waals surface area contributed by atoms with Gasteiger partial charge in [-0.15, -0.1) is 24.0 Å². The summed E-state index contributed by atoms with van der Waals surface area (Å²) in [5, 5.41) is 16.9. The first-order valence-electron chi connectivity index (χ1n) is 8.49. The lowest BCUT2D eigenvalue weighted by Gasteiger charge is -2.17. The van der Waals surface area contributed by atoms with Gasteiger partial charge in [-0.2, -0.15) is 0 Å². The summed E-state index contributed by atoms with van der Waals surface area (Å²) >= 11 is 0. The first-order chi connectivity index (χ1) is 11.7. The summed E-state index contributed by atoms with van der Waals surface area (Å²) in [4.78, 5) is 4.52. The van der Waals surface area contributed by atoms with Gasteiger partial charge in [0.05, 0.1) is 18.9 Å². The smallest absolute Gasteiger partial charge is 0.191 e. The van der Waals surface area contributed by atoms with Gasteiger partial charge in [-0.05, 0) is 31.0 Å². The van der Waals surface area contributed by atoms with Crippen LogP contribution in [0.4, 0.5) is 0 Å². The van der Waals surface area contributed by atoms with Gasteiger partial charge in [0.25, 0.3) is 0 Å². The average molecular weight is 457 g/mol. The molecule has 0 spiro atoms. The Morgan fingerprint density at radius 1 is 1.20 bits per heavy atom. The molecule has 0 aliphatic carbocycles. The third-order valence-electron chi connectivity index (χ3n) is 3.85. The number of halogens is 1. The van der Waals surface area contributed by atoms with Gasteiger partial charge in [-0.25, -0.2) is 0 Å². The van der Waals surface area contributed by atoms with Crippen molar-refractivity contribution >= 4 is 29.9 Å². The molecule has 0 aliphatic heterocycles. The molecule has 1 heterocycles. The van der Waals surface area contributed by atoms with E-state index in [1.807, 2.05) is 42.5 Å². The fourth-order valence-corrected chi connectivity index (χ4v) is 2.21. The fraction of sp³-hybridized carbons (Fsp3) is 0.421. The van der Waals surface area contributed by atoms with E-state index >= 15 is 0 Å². The SMILES string of the molecule is CCC(C)NC(=NCC(O)c1ccccc1)NCCc1ccco1.I. The molecule has 0 saturated carbocycles. The minimum absolute atomic E-state index is 0. The van der Waals surface area contributed by atoms with Crippen molar-refractivity contribution in [1.29, 1.82) is 0 Å². The molecule has 1 aromatic carbocycles. The summed E-state index contributed by atoms with van der Waals surface area (Å²) in [5.74, 6) is 1.65. The van der Waals surface area contributed by atoms with Crippen LogP contribution in [0.1, 0.15) is 37.7 Å². The van der Waals surface area contributed by atoms with E-state index < -0.39 is 6.10 Å². The molecule has 2 unspecified atom stereocenters. The minimum atomic E-state index is -0.605. The lowest BCUT2D eigenvalue weighted by molar-refractivity contribution is 0.187. The Balaban J connectivity index is 0.00000312. The van der Waals surface area contributed by atoms with Gasteiger partial charge >= 0.3 is 0 Å². The molecule has 2 atom stereocenters. The Bertz CT molecular complexity index is 602. The zero-order valence-electron chi connectivity index (χ0n) is 14.8. The molecular formula is C19H28IN3O2. The molecule has 0 aliphatic rings. The first kappa shape index (κ1) is 21.5. The fourth-order valence-electron chi connectivity index (χ4n) is 2.21. The number of nitrogens with one attached hydrogen (secondary N) is 2.